The number of nitro benzene ring substituents is 1. The van der Waals surface area contributed by atoms with E-state index in [2.05, 4.69) is 10.2 Å². The van der Waals surface area contributed by atoms with Crippen molar-refractivity contribution in [2.75, 3.05) is 0 Å². The molecule has 0 aliphatic heterocycles. The zero-order valence-corrected chi connectivity index (χ0v) is 17.0. The number of para-hydroxylation sites is 2. The first-order valence-electron chi connectivity index (χ1n) is 8.70. The van der Waals surface area contributed by atoms with Gasteiger partial charge in [0.15, 0.2) is 17.1 Å². The van der Waals surface area contributed by atoms with Crippen LogP contribution in [0.5, 0.6) is 5.75 Å². The predicted molar refractivity (Wildman–Crippen MR) is 109 cm³/mol. The van der Waals surface area contributed by atoms with E-state index >= 15 is 0 Å². The van der Waals surface area contributed by atoms with Crippen LogP contribution >= 0.6 is 23.4 Å². The highest BCUT2D eigenvalue weighted by Crippen LogP contribution is 2.31. The summed E-state index contributed by atoms with van der Waals surface area (Å²) in [5.41, 5.74) is 0.748. The van der Waals surface area contributed by atoms with Crippen molar-refractivity contribution in [3.63, 3.8) is 0 Å². The molecule has 0 amide bonds. The molecule has 1 unspecified atom stereocenters. The molecule has 0 bridgehead atoms. The molecule has 0 aliphatic carbocycles. The minimum absolute atomic E-state index is 0.105. The summed E-state index contributed by atoms with van der Waals surface area (Å²) < 4.78 is 7.89. The SMILES string of the molecule is CCn1c(SCc2ccccc2[N+](=O)[O-])nnc1C(C)Oc1ccccc1Cl. The molecule has 1 aromatic heterocycles. The van der Waals surface area contributed by atoms with E-state index in [1.54, 1.807) is 30.3 Å². The first-order chi connectivity index (χ1) is 13.5. The van der Waals surface area contributed by atoms with Crippen molar-refractivity contribution in [1.29, 1.82) is 0 Å². The molecule has 0 saturated heterocycles. The van der Waals surface area contributed by atoms with Crippen LogP contribution in [-0.4, -0.2) is 19.7 Å². The fraction of sp³-hybridized carbons (Fsp3) is 0.263. The van der Waals surface area contributed by atoms with Crippen LogP contribution in [0, 0.1) is 10.1 Å². The topological polar surface area (TPSA) is 83.1 Å². The van der Waals surface area contributed by atoms with Gasteiger partial charge in [0.05, 0.1) is 9.95 Å². The maximum atomic E-state index is 11.2. The first-order valence-corrected chi connectivity index (χ1v) is 10.1. The number of aromatic nitrogens is 3. The van der Waals surface area contributed by atoms with Crippen molar-refractivity contribution in [1.82, 2.24) is 14.8 Å². The molecule has 1 heterocycles. The molecule has 2 aromatic carbocycles. The average molecular weight is 419 g/mol. The van der Waals surface area contributed by atoms with Crippen molar-refractivity contribution < 1.29 is 9.66 Å². The van der Waals surface area contributed by atoms with E-state index in [1.807, 2.05) is 30.5 Å². The Morgan fingerprint density at radius 1 is 1.21 bits per heavy atom. The number of ether oxygens (including phenoxy) is 1. The van der Waals surface area contributed by atoms with Gasteiger partial charge in [0, 0.05) is 23.9 Å². The highest BCUT2D eigenvalue weighted by molar-refractivity contribution is 7.98. The molecule has 3 aromatic rings. The Kier molecular flexibility index (Phi) is 6.53. The monoisotopic (exact) mass is 418 g/mol. The van der Waals surface area contributed by atoms with Crippen LogP contribution in [0.4, 0.5) is 5.69 Å². The molecule has 0 spiro atoms. The lowest BCUT2D eigenvalue weighted by molar-refractivity contribution is -0.385. The largest absolute Gasteiger partial charge is 0.481 e. The summed E-state index contributed by atoms with van der Waals surface area (Å²) in [7, 11) is 0. The summed E-state index contributed by atoms with van der Waals surface area (Å²) in [6.45, 7) is 4.53. The highest BCUT2D eigenvalue weighted by Gasteiger charge is 2.20. The molecule has 28 heavy (non-hydrogen) atoms. The Morgan fingerprint density at radius 3 is 2.64 bits per heavy atom. The minimum atomic E-state index is -0.370. The van der Waals surface area contributed by atoms with Crippen LogP contribution in [0.1, 0.15) is 31.3 Å². The Morgan fingerprint density at radius 2 is 1.93 bits per heavy atom. The summed E-state index contributed by atoms with van der Waals surface area (Å²) in [4.78, 5) is 10.8. The van der Waals surface area contributed by atoms with Crippen LogP contribution in [-0.2, 0) is 12.3 Å². The molecule has 146 valence electrons. The third-order valence-corrected chi connectivity index (χ3v) is 5.44. The maximum absolute atomic E-state index is 11.2. The third kappa shape index (κ3) is 4.45. The lowest BCUT2D eigenvalue weighted by Crippen LogP contribution is -2.12. The Bertz CT molecular complexity index is 979. The molecule has 7 nitrogen and oxygen atoms in total. The van der Waals surface area contributed by atoms with Crippen molar-refractivity contribution in [2.24, 2.45) is 0 Å². The van der Waals surface area contributed by atoms with Gasteiger partial charge in [-0.15, -0.1) is 10.2 Å². The lowest BCUT2D eigenvalue weighted by Gasteiger charge is -2.16. The highest BCUT2D eigenvalue weighted by atomic mass is 35.5. The molecular weight excluding hydrogens is 400 g/mol. The number of hydrogen-bond donors (Lipinski definition) is 0. The van der Waals surface area contributed by atoms with Gasteiger partial charge in [-0.05, 0) is 26.0 Å². The molecule has 0 fully saturated rings. The van der Waals surface area contributed by atoms with Crippen molar-refractivity contribution in [3.05, 3.63) is 75.1 Å². The van der Waals surface area contributed by atoms with Gasteiger partial charge < -0.3 is 9.30 Å². The summed E-state index contributed by atoms with van der Waals surface area (Å²) in [6, 6.07) is 14.0. The number of thioether (sulfide) groups is 1. The number of halogens is 1. The standard InChI is InChI=1S/C19H19ClN4O3S/c1-3-23-18(13(2)27-17-11-7-5-9-15(17)20)21-22-19(23)28-12-14-8-4-6-10-16(14)24(25)26/h4-11,13H,3,12H2,1-2H3. The quantitative estimate of drug-likeness (QED) is 0.280. The molecule has 3 rings (SSSR count). The van der Waals surface area contributed by atoms with E-state index in [-0.39, 0.29) is 16.7 Å². The fourth-order valence-electron chi connectivity index (χ4n) is 2.74. The van der Waals surface area contributed by atoms with E-state index in [4.69, 9.17) is 16.3 Å². The van der Waals surface area contributed by atoms with Crippen LogP contribution in [0.25, 0.3) is 0 Å². The van der Waals surface area contributed by atoms with E-state index in [1.165, 1.54) is 17.8 Å². The average Bonchev–Trinajstić information content (AvgIpc) is 3.11. The Balaban J connectivity index is 1.77. The van der Waals surface area contributed by atoms with E-state index < -0.39 is 0 Å². The molecule has 9 heteroatoms. The third-order valence-electron chi connectivity index (χ3n) is 4.11. The van der Waals surface area contributed by atoms with Crippen LogP contribution in [0.2, 0.25) is 5.02 Å². The van der Waals surface area contributed by atoms with Gasteiger partial charge in [0.2, 0.25) is 0 Å². The minimum Gasteiger partial charge on any atom is -0.481 e. The van der Waals surface area contributed by atoms with Gasteiger partial charge in [-0.3, -0.25) is 10.1 Å². The van der Waals surface area contributed by atoms with Crippen molar-refractivity contribution in [3.8, 4) is 5.75 Å². The Hall–Kier alpha value is -2.58. The zero-order valence-electron chi connectivity index (χ0n) is 15.4. The second-order valence-corrected chi connectivity index (χ2v) is 7.30. The summed E-state index contributed by atoms with van der Waals surface area (Å²) >= 11 is 7.57. The van der Waals surface area contributed by atoms with Gasteiger partial charge >= 0.3 is 0 Å². The first kappa shape index (κ1) is 20.2. The molecule has 1 atom stereocenters. The number of hydrogen-bond acceptors (Lipinski definition) is 6. The zero-order chi connectivity index (χ0) is 20.1. The Labute approximate surface area is 171 Å². The van der Waals surface area contributed by atoms with Crippen LogP contribution in [0.3, 0.4) is 0 Å². The molecular formula is C19H19ClN4O3S. The van der Waals surface area contributed by atoms with E-state index in [9.17, 15) is 10.1 Å². The predicted octanol–water partition coefficient (Wildman–Crippen LogP) is 5.29. The second-order valence-electron chi connectivity index (χ2n) is 5.95. The number of rotatable bonds is 8. The number of nitrogens with zero attached hydrogens (tertiary/aromatic N) is 4. The molecule has 0 radical (unpaired) electrons. The van der Waals surface area contributed by atoms with Crippen molar-refractivity contribution in [2.45, 2.75) is 37.4 Å². The molecule has 0 saturated carbocycles. The maximum Gasteiger partial charge on any atom is 0.273 e. The van der Waals surface area contributed by atoms with Gasteiger partial charge in [0.25, 0.3) is 5.69 Å². The summed E-state index contributed by atoms with van der Waals surface area (Å²) in [5.74, 6) is 1.68. The summed E-state index contributed by atoms with van der Waals surface area (Å²) in [5, 5.41) is 20.9. The van der Waals surface area contributed by atoms with Gasteiger partial charge in [-0.1, -0.05) is 53.7 Å². The van der Waals surface area contributed by atoms with Gasteiger partial charge in [0.1, 0.15) is 5.75 Å². The summed E-state index contributed by atoms with van der Waals surface area (Å²) in [6.07, 6.45) is -0.354. The van der Waals surface area contributed by atoms with E-state index in [0.29, 0.717) is 39.6 Å². The van der Waals surface area contributed by atoms with Crippen LogP contribution in [0.15, 0.2) is 53.7 Å². The number of benzene rings is 2. The second kappa shape index (κ2) is 9.07. The lowest BCUT2D eigenvalue weighted by atomic mass is 10.2. The van der Waals surface area contributed by atoms with Gasteiger partial charge in [-0.25, -0.2) is 0 Å². The number of nitro groups is 1. The molecule has 0 aliphatic rings. The van der Waals surface area contributed by atoms with Crippen LogP contribution < -0.4 is 4.74 Å². The van der Waals surface area contributed by atoms with E-state index in [0.717, 1.165) is 0 Å². The molecule has 0 N–H and O–H groups in total. The smallest absolute Gasteiger partial charge is 0.273 e. The van der Waals surface area contributed by atoms with Crippen molar-refractivity contribution >= 4 is 29.1 Å². The van der Waals surface area contributed by atoms with Gasteiger partial charge in [-0.2, -0.15) is 0 Å². The normalized spacial score (nSPS) is 12.0. The fourth-order valence-corrected chi connectivity index (χ4v) is 3.93.